The molecule has 2 heterocycles. The molecular formula is C22H22N4O2. The number of fused-ring (bicyclic) bond motifs is 3. The lowest BCUT2D eigenvalue weighted by Gasteiger charge is -2.09. The minimum atomic E-state index is -0.337. The van der Waals surface area contributed by atoms with Crippen molar-refractivity contribution in [3.8, 4) is 0 Å². The molecular weight excluding hydrogens is 352 g/mol. The number of rotatable bonds is 4. The molecule has 0 saturated carbocycles. The number of aryl methyl sites for hydroxylation is 1. The summed E-state index contributed by atoms with van der Waals surface area (Å²) >= 11 is 0. The first-order valence-corrected chi connectivity index (χ1v) is 9.42. The number of aromatic nitrogens is 3. The van der Waals surface area contributed by atoms with Crippen molar-refractivity contribution in [1.29, 1.82) is 0 Å². The van der Waals surface area contributed by atoms with Crippen molar-refractivity contribution >= 4 is 28.1 Å². The van der Waals surface area contributed by atoms with E-state index in [0.717, 1.165) is 16.6 Å². The highest BCUT2D eigenvalue weighted by molar-refractivity contribution is 6.03. The van der Waals surface area contributed by atoms with E-state index in [9.17, 15) is 9.59 Å². The Kier molecular flexibility index (Phi) is 4.47. The van der Waals surface area contributed by atoms with Crippen molar-refractivity contribution in [3.05, 3.63) is 76.2 Å². The van der Waals surface area contributed by atoms with Crippen molar-refractivity contribution in [1.82, 2.24) is 14.2 Å². The Morgan fingerprint density at radius 1 is 1.04 bits per heavy atom. The quantitative estimate of drug-likeness (QED) is 0.586. The lowest BCUT2D eigenvalue weighted by Crippen LogP contribution is -2.22. The van der Waals surface area contributed by atoms with Crippen molar-refractivity contribution in [3.63, 3.8) is 0 Å². The first-order valence-electron chi connectivity index (χ1n) is 9.42. The molecule has 0 spiro atoms. The van der Waals surface area contributed by atoms with Crippen molar-refractivity contribution in [2.45, 2.75) is 33.2 Å². The van der Waals surface area contributed by atoms with Crippen LogP contribution < -0.4 is 10.9 Å². The van der Waals surface area contributed by atoms with Crippen LogP contribution in [0.2, 0.25) is 0 Å². The molecule has 0 saturated heterocycles. The maximum absolute atomic E-state index is 12.9. The smallest absolute Gasteiger partial charge is 0.277 e. The average molecular weight is 374 g/mol. The van der Waals surface area contributed by atoms with E-state index in [4.69, 9.17) is 0 Å². The molecule has 1 N–H and O–H groups in total. The number of nitrogens with zero attached hydrogens (tertiary/aromatic N) is 3. The van der Waals surface area contributed by atoms with Gasteiger partial charge in [-0.25, -0.2) is 4.52 Å². The molecule has 0 fully saturated rings. The number of hydrogen-bond donors (Lipinski definition) is 1. The van der Waals surface area contributed by atoms with Gasteiger partial charge in [0.2, 0.25) is 0 Å². The number of benzene rings is 2. The van der Waals surface area contributed by atoms with E-state index in [0.29, 0.717) is 23.7 Å². The molecule has 1 amide bonds. The molecule has 4 rings (SSSR count). The zero-order valence-electron chi connectivity index (χ0n) is 16.1. The fraction of sp³-hybridized carbons (Fsp3) is 0.227. The third-order valence-corrected chi connectivity index (χ3v) is 4.93. The lowest BCUT2D eigenvalue weighted by molar-refractivity contribution is 0.102. The predicted molar refractivity (Wildman–Crippen MR) is 111 cm³/mol. The molecule has 0 bridgehead atoms. The molecule has 0 unspecified atom stereocenters. The molecule has 4 aromatic rings. The van der Waals surface area contributed by atoms with Crippen LogP contribution in [0.3, 0.4) is 0 Å². The van der Waals surface area contributed by atoms with Crippen molar-refractivity contribution in [2.75, 3.05) is 5.32 Å². The van der Waals surface area contributed by atoms with E-state index in [-0.39, 0.29) is 17.2 Å². The van der Waals surface area contributed by atoms with Gasteiger partial charge in [-0.05, 0) is 42.7 Å². The van der Waals surface area contributed by atoms with Crippen LogP contribution in [-0.4, -0.2) is 20.1 Å². The Hall–Kier alpha value is -3.41. The number of carbonyl (C=O) groups is 1. The second-order valence-electron chi connectivity index (χ2n) is 7.10. The maximum atomic E-state index is 12.9. The second kappa shape index (κ2) is 6.96. The molecule has 142 valence electrons. The fourth-order valence-electron chi connectivity index (χ4n) is 3.43. The highest BCUT2D eigenvalue weighted by Gasteiger charge is 2.17. The van der Waals surface area contributed by atoms with Gasteiger partial charge in [0.15, 0.2) is 5.69 Å². The summed E-state index contributed by atoms with van der Waals surface area (Å²) in [4.78, 5) is 25.6. The Morgan fingerprint density at radius 3 is 2.50 bits per heavy atom. The Labute approximate surface area is 162 Å². The third-order valence-electron chi connectivity index (χ3n) is 4.93. The summed E-state index contributed by atoms with van der Waals surface area (Å²) in [6, 6.07) is 16.9. The number of carbonyl (C=O) groups excluding carboxylic acids is 1. The maximum Gasteiger partial charge on any atom is 0.277 e. The number of hydrogen-bond acceptors (Lipinski definition) is 3. The summed E-state index contributed by atoms with van der Waals surface area (Å²) in [5.74, 6) is 0.0297. The number of para-hydroxylation sites is 2. The summed E-state index contributed by atoms with van der Waals surface area (Å²) < 4.78 is 3.25. The van der Waals surface area contributed by atoms with Gasteiger partial charge in [-0.3, -0.25) is 9.59 Å². The van der Waals surface area contributed by atoms with E-state index >= 15 is 0 Å². The van der Waals surface area contributed by atoms with Crippen molar-refractivity contribution in [2.24, 2.45) is 0 Å². The predicted octanol–water partition coefficient (Wildman–Crippen LogP) is 4.04. The van der Waals surface area contributed by atoms with Gasteiger partial charge in [0, 0.05) is 18.3 Å². The molecule has 6 nitrogen and oxygen atoms in total. The van der Waals surface area contributed by atoms with Crippen LogP contribution in [0.5, 0.6) is 0 Å². The van der Waals surface area contributed by atoms with E-state index in [2.05, 4.69) is 24.3 Å². The first-order chi connectivity index (χ1) is 13.5. The summed E-state index contributed by atoms with van der Waals surface area (Å²) in [5.41, 5.74) is 3.89. The Morgan fingerprint density at radius 2 is 1.79 bits per heavy atom. The van der Waals surface area contributed by atoms with Crippen LogP contribution in [-0.2, 0) is 6.54 Å². The van der Waals surface area contributed by atoms with Gasteiger partial charge in [0.1, 0.15) is 5.52 Å². The minimum absolute atomic E-state index is 0.158. The lowest BCUT2D eigenvalue weighted by atomic mass is 10.0. The topological polar surface area (TPSA) is 68.4 Å². The van der Waals surface area contributed by atoms with Crippen LogP contribution in [0.15, 0.2) is 59.4 Å². The number of anilines is 1. The molecule has 0 atom stereocenters. The molecule has 0 aliphatic carbocycles. The largest absolute Gasteiger partial charge is 0.321 e. The number of amides is 1. The molecule has 2 aromatic heterocycles. The van der Waals surface area contributed by atoms with Gasteiger partial charge < -0.3 is 9.88 Å². The summed E-state index contributed by atoms with van der Waals surface area (Å²) in [7, 11) is 0. The van der Waals surface area contributed by atoms with Gasteiger partial charge in [-0.1, -0.05) is 38.1 Å². The van der Waals surface area contributed by atoms with E-state index in [1.54, 1.807) is 15.1 Å². The molecule has 0 radical (unpaired) electrons. The minimum Gasteiger partial charge on any atom is -0.321 e. The normalized spacial score (nSPS) is 11.4. The van der Waals surface area contributed by atoms with Crippen LogP contribution in [0.1, 0.15) is 42.7 Å². The SMILES string of the molecule is CCn1c(=O)c2cc(C(=O)Nc3cccc(C(C)C)c3)nn2c2ccccc21. The van der Waals surface area contributed by atoms with E-state index in [1.165, 1.54) is 0 Å². The van der Waals surface area contributed by atoms with Gasteiger partial charge in [0.05, 0.1) is 11.0 Å². The zero-order valence-corrected chi connectivity index (χ0v) is 16.1. The van der Waals surface area contributed by atoms with Crippen LogP contribution in [0, 0.1) is 0 Å². The van der Waals surface area contributed by atoms with Crippen LogP contribution in [0.25, 0.3) is 16.6 Å². The fourth-order valence-corrected chi connectivity index (χ4v) is 3.43. The second-order valence-corrected chi connectivity index (χ2v) is 7.10. The summed E-state index contributed by atoms with van der Waals surface area (Å²) in [6.07, 6.45) is 0. The highest BCUT2D eigenvalue weighted by Crippen LogP contribution is 2.20. The zero-order chi connectivity index (χ0) is 19.8. The average Bonchev–Trinajstić information content (AvgIpc) is 3.15. The summed E-state index contributed by atoms with van der Waals surface area (Å²) in [5, 5.41) is 7.31. The van der Waals surface area contributed by atoms with Crippen molar-refractivity contribution < 1.29 is 4.79 Å². The van der Waals surface area contributed by atoms with Gasteiger partial charge >= 0.3 is 0 Å². The van der Waals surface area contributed by atoms with Crippen LogP contribution in [0.4, 0.5) is 5.69 Å². The Bertz CT molecular complexity index is 1250. The molecule has 0 aliphatic rings. The van der Waals surface area contributed by atoms with E-state index in [1.807, 2.05) is 55.5 Å². The van der Waals surface area contributed by atoms with Gasteiger partial charge in [0.25, 0.3) is 11.5 Å². The molecule has 28 heavy (non-hydrogen) atoms. The molecule has 0 aliphatic heterocycles. The number of nitrogens with one attached hydrogen (secondary N) is 1. The monoisotopic (exact) mass is 374 g/mol. The molecule has 2 aromatic carbocycles. The Balaban J connectivity index is 1.79. The summed E-state index contributed by atoms with van der Waals surface area (Å²) in [6.45, 7) is 6.68. The standard InChI is InChI=1S/C22H22N4O2/c1-4-25-18-10-5-6-11-19(18)26-20(22(25)28)13-17(24-26)21(27)23-16-9-7-8-15(12-16)14(2)3/h5-14H,4H2,1-3H3,(H,23,27). The highest BCUT2D eigenvalue weighted by atomic mass is 16.2. The third kappa shape index (κ3) is 2.97. The van der Waals surface area contributed by atoms with Crippen LogP contribution >= 0.6 is 0 Å². The van der Waals surface area contributed by atoms with Gasteiger partial charge in [-0.2, -0.15) is 5.10 Å². The van der Waals surface area contributed by atoms with Gasteiger partial charge in [-0.15, -0.1) is 0 Å². The first kappa shape index (κ1) is 18.0. The van der Waals surface area contributed by atoms with E-state index < -0.39 is 0 Å². The molecule has 6 heteroatoms.